The molecule has 0 amide bonds. The van der Waals surface area contributed by atoms with Crippen molar-refractivity contribution in [3.8, 4) is 5.75 Å². The third-order valence-electron chi connectivity index (χ3n) is 2.83. The number of benzene rings is 1. The van der Waals surface area contributed by atoms with Crippen LogP contribution in [-0.4, -0.2) is 12.0 Å². The van der Waals surface area contributed by atoms with Crippen LogP contribution >= 0.6 is 0 Å². The van der Waals surface area contributed by atoms with Gasteiger partial charge in [-0.2, -0.15) is 0 Å². The fourth-order valence-electron chi connectivity index (χ4n) is 1.71. The van der Waals surface area contributed by atoms with E-state index in [9.17, 15) is 0 Å². The first-order valence-corrected chi connectivity index (χ1v) is 6.02. The predicted molar refractivity (Wildman–Crippen MR) is 74.0 cm³/mol. The summed E-state index contributed by atoms with van der Waals surface area (Å²) in [5, 5.41) is 3.11. The molecule has 0 spiro atoms. The highest BCUT2D eigenvalue weighted by atomic mass is 16.5. The predicted octanol–water partition coefficient (Wildman–Crippen LogP) is 3.32. The summed E-state index contributed by atoms with van der Waals surface area (Å²) in [5.74, 6) is 0.912. The minimum atomic E-state index is 0.549. The van der Waals surface area contributed by atoms with Gasteiger partial charge in [-0.15, -0.1) is 0 Å². The van der Waals surface area contributed by atoms with E-state index in [1.54, 1.807) is 0 Å². The van der Waals surface area contributed by atoms with Crippen LogP contribution in [0.3, 0.4) is 0 Å². The Kier molecular flexibility index (Phi) is 3.82. The standard InChI is InChI=1S/C15H18N2O/c1-11-8-14(16-3)6-7-15(11)18-10-13-5-4-12(2)17-9-13/h4-9,16H,10H2,1-3H3. The van der Waals surface area contributed by atoms with Crippen LogP contribution < -0.4 is 10.1 Å². The maximum atomic E-state index is 5.79. The molecule has 3 nitrogen and oxygen atoms in total. The molecule has 0 saturated carbocycles. The van der Waals surface area contributed by atoms with Crippen LogP contribution in [0.5, 0.6) is 5.75 Å². The zero-order valence-electron chi connectivity index (χ0n) is 11.0. The van der Waals surface area contributed by atoms with E-state index in [-0.39, 0.29) is 0 Å². The van der Waals surface area contributed by atoms with Crippen molar-refractivity contribution in [2.24, 2.45) is 0 Å². The van der Waals surface area contributed by atoms with Gasteiger partial charge < -0.3 is 10.1 Å². The summed E-state index contributed by atoms with van der Waals surface area (Å²) in [6.07, 6.45) is 1.85. The Morgan fingerprint density at radius 2 is 2.00 bits per heavy atom. The number of pyridine rings is 1. The molecule has 3 heteroatoms. The average Bonchev–Trinajstić information content (AvgIpc) is 2.39. The molecule has 18 heavy (non-hydrogen) atoms. The van der Waals surface area contributed by atoms with Crippen LogP contribution in [0, 0.1) is 13.8 Å². The van der Waals surface area contributed by atoms with Crippen molar-refractivity contribution in [3.05, 3.63) is 53.3 Å². The fourth-order valence-corrected chi connectivity index (χ4v) is 1.71. The van der Waals surface area contributed by atoms with Crippen molar-refractivity contribution in [2.75, 3.05) is 12.4 Å². The number of hydrogen-bond donors (Lipinski definition) is 1. The van der Waals surface area contributed by atoms with Gasteiger partial charge in [0.15, 0.2) is 0 Å². The maximum Gasteiger partial charge on any atom is 0.122 e. The quantitative estimate of drug-likeness (QED) is 0.893. The number of aromatic nitrogens is 1. The maximum absolute atomic E-state index is 5.79. The molecular weight excluding hydrogens is 224 g/mol. The van der Waals surface area contributed by atoms with Gasteiger partial charge >= 0.3 is 0 Å². The minimum Gasteiger partial charge on any atom is -0.489 e. The second-order valence-electron chi connectivity index (χ2n) is 4.33. The van der Waals surface area contributed by atoms with Gasteiger partial charge in [-0.1, -0.05) is 6.07 Å². The van der Waals surface area contributed by atoms with E-state index in [4.69, 9.17) is 4.74 Å². The largest absolute Gasteiger partial charge is 0.489 e. The second-order valence-corrected chi connectivity index (χ2v) is 4.33. The number of anilines is 1. The summed E-state index contributed by atoms with van der Waals surface area (Å²) >= 11 is 0. The monoisotopic (exact) mass is 242 g/mol. The van der Waals surface area contributed by atoms with Gasteiger partial charge in [0.2, 0.25) is 0 Å². The Bertz CT molecular complexity index is 521. The van der Waals surface area contributed by atoms with Gasteiger partial charge in [0.25, 0.3) is 0 Å². The first-order valence-electron chi connectivity index (χ1n) is 6.02. The lowest BCUT2D eigenvalue weighted by Crippen LogP contribution is -1.98. The molecule has 0 unspecified atom stereocenters. The number of hydrogen-bond acceptors (Lipinski definition) is 3. The van der Waals surface area contributed by atoms with Gasteiger partial charge in [-0.3, -0.25) is 4.98 Å². The zero-order valence-corrected chi connectivity index (χ0v) is 11.0. The number of nitrogens with zero attached hydrogens (tertiary/aromatic N) is 1. The Balaban J connectivity index is 2.04. The molecule has 0 aliphatic carbocycles. The third kappa shape index (κ3) is 3.00. The minimum absolute atomic E-state index is 0.549. The smallest absolute Gasteiger partial charge is 0.122 e. The zero-order chi connectivity index (χ0) is 13.0. The molecule has 0 bridgehead atoms. The van der Waals surface area contributed by atoms with Gasteiger partial charge in [-0.05, 0) is 43.7 Å². The van der Waals surface area contributed by atoms with E-state index in [1.165, 1.54) is 0 Å². The molecule has 0 aliphatic rings. The molecule has 1 aromatic carbocycles. The lowest BCUT2D eigenvalue weighted by molar-refractivity contribution is 0.303. The number of aryl methyl sites for hydroxylation is 2. The van der Waals surface area contributed by atoms with E-state index in [0.717, 1.165) is 28.3 Å². The highest BCUT2D eigenvalue weighted by molar-refractivity contribution is 5.50. The molecule has 0 fully saturated rings. The summed E-state index contributed by atoms with van der Waals surface area (Å²) in [4.78, 5) is 4.25. The van der Waals surface area contributed by atoms with E-state index in [0.29, 0.717) is 6.61 Å². The van der Waals surface area contributed by atoms with E-state index in [2.05, 4.69) is 16.4 Å². The number of ether oxygens (including phenoxy) is 1. The first kappa shape index (κ1) is 12.4. The SMILES string of the molecule is CNc1ccc(OCc2ccc(C)nc2)c(C)c1. The van der Waals surface area contributed by atoms with Crippen molar-refractivity contribution in [1.82, 2.24) is 4.98 Å². The van der Waals surface area contributed by atoms with Crippen molar-refractivity contribution in [3.63, 3.8) is 0 Å². The lowest BCUT2D eigenvalue weighted by Gasteiger charge is -2.10. The van der Waals surface area contributed by atoms with Crippen LogP contribution in [-0.2, 0) is 6.61 Å². The Morgan fingerprint density at radius 1 is 1.17 bits per heavy atom. The van der Waals surface area contributed by atoms with E-state index < -0.39 is 0 Å². The van der Waals surface area contributed by atoms with Crippen molar-refractivity contribution < 1.29 is 4.74 Å². The molecule has 1 N–H and O–H groups in total. The Morgan fingerprint density at radius 3 is 2.61 bits per heavy atom. The van der Waals surface area contributed by atoms with Gasteiger partial charge in [-0.25, -0.2) is 0 Å². The highest BCUT2D eigenvalue weighted by Gasteiger charge is 2.01. The van der Waals surface area contributed by atoms with Gasteiger partial charge in [0, 0.05) is 30.2 Å². The molecule has 1 aromatic heterocycles. The lowest BCUT2D eigenvalue weighted by atomic mass is 10.2. The van der Waals surface area contributed by atoms with Crippen molar-refractivity contribution >= 4 is 5.69 Å². The molecule has 2 rings (SSSR count). The molecule has 0 atom stereocenters. The second kappa shape index (κ2) is 5.54. The summed E-state index contributed by atoms with van der Waals surface area (Å²) < 4.78 is 5.79. The van der Waals surface area contributed by atoms with Gasteiger partial charge in [0.1, 0.15) is 12.4 Å². The van der Waals surface area contributed by atoms with Crippen LogP contribution in [0.1, 0.15) is 16.8 Å². The molecule has 1 heterocycles. The van der Waals surface area contributed by atoms with Crippen LogP contribution in [0.4, 0.5) is 5.69 Å². The molecule has 94 valence electrons. The molecule has 0 aliphatic heterocycles. The van der Waals surface area contributed by atoms with Gasteiger partial charge in [0.05, 0.1) is 0 Å². The number of nitrogens with one attached hydrogen (secondary N) is 1. The van der Waals surface area contributed by atoms with E-state index >= 15 is 0 Å². The number of rotatable bonds is 4. The Labute approximate surface area is 108 Å². The Hall–Kier alpha value is -2.03. The van der Waals surface area contributed by atoms with Crippen molar-refractivity contribution in [1.29, 1.82) is 0 Å². The highest BCUT2D eigenvalue weighted by Crippen LogP contribution is 2.22. The third-order valence-corrected chi connectivity index (χ3v) is 2.83. The van der Waals surface area contributed by atoms with E-state index in [1.807, 2.05) is 51.4 Å². The first-order chi connectivity index (χ1) is 8.69. The summed E-state index contributed by atoms with van der Waals surface area (Å²) in [6, 6.07) is 10.1. The molecule has 0 radical (unpaired) electrons. The summed E-state index contributed by atoms with van der Waals surface area (Å²) in [6.45, 7) is 4.57. The molecule has 0 saturated heterocycles. The van der Waals surface area contributed by atoms with Crippen molar-refractivity contribution in [2.45, 2.75) is 20.5 Å². The summed E-state index contributed by atoms with van der Waals surface area (Å²) in [5.41, 5.74) is 4.32. The normalized spacial score (nSPS) is 10.2. The average molecular weight is 242 g/mol. The fraction of sp³-hybridized carbons (Fsp3) is 0.267. The van der Waals surface area contributed by atoms with Crippen LogP contribution in [0.2, 0.25) is 0 Å². The topological polar surface area (TPSA) is 34.1 Å². The molecule has 2 aromatic rings. The van der Waals surface area contributed by atoms with Crippen LogP contribution in [0.25, 0.3) is 0 Å². The molecular formula is C15H18N2O. The summed E-state index contributed by atoms with van der Waals surface area (Å²) in [7, 11) is 1.91. The van der Waals surface area contributed by atoms with Crippen LogP contribution in [0.15, 0.2) is 36.5 Å².